The third-order valence-corrected chi connectivity index (χ3v) is 7.56. The van der Waals surface area contributed by atoms with E-state index in [0.717, 1.165) is 44.2 Å². The molecule has 3 amide bonds. The molecule has 1 unspecified atom stereocenters. The van der Waals surface area contributed by atoms with Gasteiger partial charge in [0.1, 0.15) is 6.04 Å². The van der Waals surface area contributed by atoms with Crippen molar-refractivity contribution in [2.75, 3.05) is 57.9 Å². The average molecular weight is 536 g/mol. The van der Waals surface area contributed by atoms with Gasteiger partial charge in [-0.25, -0.2) is 0 Å². The van der Waals surface area contributed by atoms with E-state index in [9.17, 15) is 14.4 Å². The molecule has 0 bridgehead atoms. The fourth-order valence-corrected chi connectivity index (χ4v) is 5.24. The van der Waals surface area contributed by atoms with Gasteiger partial charge < -0.3 is 25.0 Å². The number of hydrogen-bond acceptors (Lipinski definition) is 7. The summed E-state index contributed by atoms with van der Waals surface area (Å²) in [5.74, 6) is 1.28. The van der Waals surface area contributed by atoms with E-state index in [1.165, 1.54) is 11.1 Å². The van der Waals surface area contributed by atoms with Crippen molar-refractivity contribution in [1.29, 1.82) is 0 Å². The van der Waals surface area contributed by atoms with Gasteiger partial charge in [-0.3, -0.25) is 24.2 Å². The summed E-state index contributed by atoms with van der Waals surface area (Å²) in [5.41, 5.74) is 3.03. The maximum absolute atomic E-state index is 13.3. The number of fused-ring (bicyclic) bond motifs is 1. The van der Waals surface area contributed by atoms with E-state index in [1.54, 1.807) is 4.90 Å². The topological polar surface area (TPSA) is 103 Å². The summed E-state index contributed by atoms with van der Waals surface area (Å²) in [6.07, 6.45) is -0.0766. The van der Waals surface area contributed by atoms with Crippen LogP contribution in [0.5, 0.6) is 11.5 Å². The van der Waals surface area contributed by atoms with E-state index in [2.05, 4.69) is 40.3 Å². The lowest BCUT2D eigenvalue weighted by Crippen LogP contribution is -2.60. The molecule has 1 atom stereocenters. The van der Waals surface area contributed by atoms with Crippen LogP contribution in [0, 0.1) is 0 Å². The Kier molecular flexibility index (Phi) is 8.33. The zero-order chi connectivity index (χ0) is 27.4. The van der Waals surface area contributed by atoms with Crippen LogP contribution in [0.4, 0.5) is 5.69 Å². The summed E-state index contributed by atoms with van der Waals surface area (Å²) >= 11 is 0. The first kappa shape index (κ1) is 27.0. The Balaban J connectivity index is 1.11. The molecule has 0 aliphatic carbocycles. The molecule has 2 N–H and O–H groups in total. The van der Waals surface area contributed by atoms with Crippen molar-refractivity contribution in [2.24, 2.45) is 0 Å². The van der Waals surface area contributed by atoms with Gasteiger partial charge >= 0.3 is 0 Å². The number of nitrogens with one attached hydrogen (secondary N) is 2. The highest BCUT2D eigenvalue weighted by atomic mass is 16.7. The summed E-state index contributed by atoms with van der Waals surface area (Å²) in [7, 11) is 0. The monoisotopic (exact) mass is 535 g/mol. The molecule has 208 valence electrons. The molecule has 3 aliphatic rings. The van der Waals surface area contributed by atoms with Gasteiger partial charge in [-0.1, -0.05) is 32.0 Å². The summed E-state index contributed by atoms with van der Waals surface area (Å²) < 4.78 is 10.9. The van der Waals surface area contributed by atoms with Crippen molar-refractivity contribution in [1.82, 2.24) is 20.0 Å². The van der Waals surface area contributed by atoms with Crippen LogP contribution >= 0.6 is 0 Å². The van der Waals surface area contributed by atoms with Crippen LogP contribution in [0.2, 0.25) is 0 Å². The van der Waals surface area contributed by atoms with Crippen LogP contribution in [0.25, 0.3) is 0 Å². The fourth-order valence-electron chi connectivity index (χ4n) is 5.24. The second kappa shape index (κ2) is 12.0. The molecule has 2 aromatic rings. The lowest BCUT2D eigenvalue weighted by molar-refractivity contribution is -0.145. The SMILES string of the molecule is CC(C)c1ccc(NC(=O)CC2C(=O)NCCN2C(=O)CN2CCN(Cc3ccc4c(c3)OCO4)CC2)cc1. The minimum atomic E-state index is -0.812. The highest BCUT2D eigenvalue weighted by Crippen LogP contribution is 2.32. The molecule has 2 saturated heterocycles. The van der Waals surface area contributed by atoms with Crippen molar-refractivity contribution >= 4 is 23.4 Å². The van der Waals surface area contributed by atoms with E-state index in [4.69, 9.17) is 9.47 Å². The third-order valence-electron chi connectivity index (χ3n) is 7.56. The largest absolute Gasteiger partial charge is 0.454 e. The molecular weight excluding hydrogens is 498 g/mol. The van der Waals surface area contributed by atoms with Crippen LogP contribution in [-0.2, 0) is 20.9 Å². The predicted octanol–water partition coefficient (Wildman–Crippen LogP) is 2.01. The number of benzene rings is 2. The normalized spacial score (nSPS) is 19.7. The van der Waals surface area contributed by atoms with Crippen molar-refractivity contribution in [2.45, 2.75) is 38.8 Å². The molecule has 2 aromatic carbocycles. The lowest BCUT2D eigenvalue weighted by Gasteiger charge is -2.38. The summed E-state index contributed by atoms with van der Waals surface area (Å²) in [6, 6.07) is 12.9. The van der Waals surface area contributed by atoms with Gasteiger partial charge in [0.25, 0.3) is 0 Å². The third kappa shape index (κ3) is 6.69. The van der Waals surface area contributed by atoms with Crippen LogP contribution in [0.15, 0.2) is 42.5 Å². The number of carbonyl (C=O) groups is 3. The zero-order valence-corrected chi connectivity index (χ0v) is 22.7. The summed E-state index contributed by atoms with van der Waals surface area (Å²) in [5, 5.41) is 5.67. The summed E-state index contributed by atoms with van der Waals surface area (Å²) in [6.45, 7) is 9.52. The van der Waals surface area contributed by atoms with Gasteiger partial charge in [-0.05, 0) is 41.3 Å². The Labute approximate surface area is 229 Å². The maximum Gasteiger partial charge on any atom is 0.243 e. The van der Waals surface area contributed by atoms with E-state index >= 15 is 0 Å². The molecule has 5 rings (SSSR count). The second-order valence-electron chi connectivity index (χ2n) is 10.7. The molecule has 0 aromatic heterocycles. The highest BCUT2D eigenvalue weighted by molar-refractivity contribution is 5.97. The molecule has 2 fully saturated rings. The predicted molar refractivity (Wildman–Crippen MR) is 147 cm³/mol. The van der Waals surface area contributed by atoms with Gasteiger partial charge in [0.2, 0.25) is 24.5 Å². The van der Waals surface area contributed by atoms with Crippen molar-refractivity contribution in [3.8, 4) is 11.5 Å². The van der Waals surface area contributed by atoms with E-state index in [-0.39, 0.29) is 37.5 Å². The molecule has 10 nitrogen and oxygen atoms in total. The quantitative estimate of drug-likeness (QED) is 0.533. The number of anilines is 1. The minimum Gasteiger partial charge on any atom is -0.454 e. The lowest BCUT2D eigenvalue weighted by atomic mass is 10.0. The van der Waals surface area contributed by atoms with E-state index in [1.807, 2.05) is 36.4 Å². The van der Waals surface area contributed by atoms with Crippen LogP contribution in [-0.4, -0.2) is 91.1 Å². The first-order valence-electron chi connectivity index (χ1n) is 13.7. The Bertz CT molecular complexity index is 1190. The number of rotatable bonds is 8. The summed E-state index contributed by atoms with van der Waals surface area (Å²) in [4.78, 5) is 44.8. The zero-order valence-electron chi connectivity index (χ0n) is 22.7. The van der Waals surface area contributed by atoms with Crippen molar-refractivity contribution < 1.29 is 23.9 Å². The molecule has 0 saturated carbocycles. The molecule has 3 heterocycles. The number of hydrogen-bond donors (Lipinski definition) is 2. The molecule has 0 spiro atoms. The minimum absolute atomic E-state index is 0.0766. The molecular formula is C29H37N5O5. The van der Waals surface area contributed by atoms with Gasteiger partial charge in [-0.15, -0.1) is 0 Å². The standard InChI is InChI=1S/C29H37N5O5/c1-20(2)22-4-6-23(7-5-22)31-27(35)16-24-29(37)30-9-10-34(24)28(36)18-33-13-11-32(12-14-33)17-21-3-8-25-26(15-21)39-19-38-25/h3-8,15,20,24H,9-14,16-19H2,1-2H3,(H,30,37)(H,31,35). The number of piperazine rings is 2. The first-order chi connectivity index (χ1) is 18.9. The Morgan fingerprint density at radius 1 is 0.974 bits per heavy atom. The Morgan fingerprint density at radius 3 is 2.44 bits per heavy atom. The van der Waals surface area contributed by atoms with Gasteiger partial charge in [0.15, 0.2) is 11.5 Å². The number of carbonyl (C=O) groups excluding carboxylic acids is 3. The molecule has 3 aliphatic heterocycles. The van der Waals surface area contributed by atoms with E-state index < -0.39 is 6.04 Å². The first-order valence-corrected chi connectivity index (χ1v) is 13.7. The number of amides is 3. The Hall–Kier alpha value is -3.63. The van der Waals surface area contributed by atoms with Crippen LogP contribution in [0.3, 0.4) is 0 Å². The fraction of sp³-hybridized carbons (Fsp3) is 0.483. The van der Waals surface area contributed by atoms with Crippen molar-refractivity contribution in [3.63, 3.8) is 0 Å². The maximum atomic E-state index is 13.3. The van der Waals surface area contributed by atoms with Crippen LogP contribution in [0.1, 0.15) is 37.3 Å². The molecule has 0 radical (unpaired) electrons. The molecule has 39 heavy (non-hydrogen) atoms. The smallest absolute Gasteiger partial charge is 0.243 e. The number of ether oxygens (including phenoxy) is 2. The number of nitrogens with zero attached hydrogens (tertiary/aromatic N) is 3. The van der Waals surface area contributed by atoms with Crippen molar-refractivity contribution in [3.05, 3.63) is 53.6 Å². The van der Waals surface area contributed by atoms with Gasteiger partial charge in [-0.2, -0.15) is 0 Å². The van der Waals surface area contributed by atoms with Crippen LogP contribution < -0.4 is 20.1 Å². The second-order valence-corrected chi connectivity index (χ2v) is 10.7. The van der Waals surface area contributed by atoms with Gasteiger partial charge in [0.05, 0.1) is 13.0 Å². The van der Waals surface area contributed by atoms with Gasteiger partial charge in [0, 0.05) is 51.5 Å². The average Bonchev–Trinajstić information content (AvgIpc) is 3.39. The Morgan fingerprint density at radius 2 is 1.69 bits per heavy atom. The molecule has 10 heteroatoms. The van der Waals surface area contributed by atoms with E-state index in [0.29, 0.717) is 24.7 Å². The highest BCUT2D eigenvalue weighted by Gasteiger charge is 2.35.